The van der Waals surface area contributed by atoms with E-state index in [4.69, 9.17) is 4.74 Å². The first-order valence-electron chi connectivity index (χ1n) is 8.19. The Kier molecular flexibility index (Phi) is 4.37. The predicted octanol–water partition coefficient (Wildman–Crippen LogP) is 4.05. The monoisotopic (exact) mass is 309 g/mol. The molecule has 1 heterocycles. The molecule has 0 fully saturated rings. The van der Waals surface area contributed by atoms with Gasteiger partial charge in [0.25, 0.3) is 5.91 Å². The van der Waals surface area contributed by atoms with Crippen LogP contribution in [-0.4, -0.2) is 18.6 Å². The van der Waals surface area contributed by atoms with E-state index in [9.17, 15) is 4.79 Å². The van der Waals surface area contributed by atoms with Crippen molar-refractivity contribution in [2.24, 2.45) is 0 Å². The van der Waals surface area contributed by atoms with E-state index in [0.717, 1.165) is 42.0 Å². The van der Waals surface area contributed by atoms with Crippen molar-refractivity contribution in [1.29, 1.82) is 0 Å². The van der Waals surface area contributed by atoms with Gasteiger partial charge in [-0.15, -0.1) is 0 Å². The summed E-state index contributed by atoms with van der Waals surface area (Å²) < 4.78 is 5.91. The lowest BCUT2D eigenvalue weighted by molar-refractivity contribution is -0.124. The Morgan fingerprint density at radius 1 is 1.13 bits per heavy atom. The van der Waals surface area contributed by atoms with E-state index < -0.39 is 6.10 Å². The van der Waals surface area contributed by atoms with Gasteiger partial charge in [-0.2, -0.15) is 0 Å². The second-order valence-corrected chi connectivity index (χ2v) is 6.31. The van der Waals surface area contributed by atoms with Crippen LogP contribution in [0.25, 0.3) is 0 Å². The van der Waals surface area contributed by atoms with Crippen molar-refractivity contribution in [2.75, 3.05) is 11.4 Å². The van der Waals surface area contributed by atoms with E-state index in [1.807, 2.05) is 56.0 Å². The highest BCUT2D eigenvalue weighted by molar-refractivity contribution is 5.97. The zero-order valence-corrected chi connectivity index (χ0v) is 14.0. The van der Waals surface area contributed by atoms with Gasteiger partial charge in [-0.05, 0) is 68.5 Å². The number of rotatable bonds is 3. The molecule has 0 radical (unpaired) electrons. The van der Waals surface area contributed by atoms with Gasteiger partial charge in [0.1, 0.15) is 5.75 Å². The molecule has 0 aliphatic carbocycles. The Balaban J connectivity index is 1.78. The molecule has 23 heavy (non-hydrogen) atoms. The van der Waals surface area contributed by atoms with Crippen LogP contribution >= 0.6 is 0 Å². The van der Waals surface area contributed by atoms with Crippen molar-refractivity contribution >= 4 is 11.6 Å². The molecule has 1 atom stereocenters. The van der Waals surface area contributed by atoms with Gasteiger partial charge < -0.3 is 9.64 Å². The number of amides is 1. The fourth-order valence-corrected chi connectivity index (χ4v) is 3.24. The van der Waals surface area contributed by atoms with Crippen molar-refractivity contribution in [3.05, 3.63) is 59.2 Å². The van der Waals surface area contributed by atoms with Gasteiger partial charge in [0.05, 0.1) is 0 Å². The van der Waals surface area contributed by atoms with Crippen LogP contribution in [0.3, 0.4) is 0 Å². The lowest BCUT2D eigenvalue weighted by Crippen LogP contribution is -2.43. The summed E-state index contributed by atoms with van der Waals surface area (Å²) in [5.41, 5.74) is 4.55. The number of aryl methyl sites for hydroxylation is 3. The molecule has 0 bridgehead atoms. The van der Waals surface area contributed by atoms with Crippen molar-refractivity contribution in [3.63, 3.8) is 0 Å². The fraction of sp³-hybridized carbons (Fsp3) is 0.350. The molecule has 3 heteroatoms. The van der Waals surface area contributed by atoms with Crippen LogP contribution in [0.2, 0.25) is 0 Å². The molecule has 2 aromatic rings. The Bertz CT molecular complexity index is 703. The van der Waals surface area contributed by atoms with Gasteiger partial charge in [-0.25, -0.2) is 0 Å². The summed E-state index contributed by atoms with van der Waals surface area (Å²) in [6.07, 6.45) is 1.54. The lowest BCUT2D eigenvalue weighted by Gasteiger charge is -2.31. The fourth-order valence-electron chi connectivity index (χ4n) is 3.24. The zero-order valence-electron chi connectivity index (χ0n) is 14.0. The first-order valence-corrected chi connectivity index (χ1v) is 8.19. The maximum Gasteiger partial charge on any atom is 0.267 e. The van der Waals surface area contributed by atoms with Crippen LogP contribution in [0.15, 0.2) is 42.5 Å². The average molecular weight is 309 g/mol. The third kappa shape index (κ3) is 3.39. The number of carbonyl (C=O) groups excluding carboxylic acids is 1. The molecule has 1 aliphatic rings. The number of fused-ring (bicyclic) bond motifs is 1. The molecule has 3 nitrogen and oxygen atoms in total. The topological polar surface area (TPSA) is 29.5 Å². The highest BCUT2D eigenvalue weighted by Gasteiger charge is 2.27. The summed E-state index contributed by atoms with van der Waals surface area (Å²) in [5, 5.41) is 0. The van der Waals surface area contributed by atoms with Crippen LogP contribution in [0.4, 0.5) is 5.69 Å². The van der Waals surface area contributed by atoms with Gasteiger partial charge in [-0.3, -0.25) is 4.79 Å². The van der Waals surface area contributed by atoms with Gasteiger partial charge in [-0.1, -0.05) is 24.3 Å². The number of hydrogen-bond donors (Lipinski definition) is 0. The van der Waals surface area contributed by atoms with Crippen LogP contribution in [-0.2, 0) is 11.2 Å². The van der Waals surface area contributed by atoms with Crippen LogP contribution in [0, 0.1) is 13.8 Å². The molecule has 0 saturated heterocycles. The van der Waals surface area contributed by atoms with Crippen LogP contribution < -0.4 is 9.64 Å². The van der Waals surface area contributed by atoms with Gasteiger partial charge in [0, 0.05) is 12.2 Å². The van der Waals surface area contributed by atoms with Crippen molar-refractivity contribution in [1.82, 2.24) is 0 Å². The summed E-state index contributed by atoms with van der Waals surface area (Å²) in [5.74, 6) is 0.782. The minimum Gasteiger partial charge on any atom is -0.481 e. The van der Waals surface area contributed by atoms with E-state index in [1.54, 1.807) is 0 Å². The third-order valence-electron chi connectivity index (χ3n) is 4.23. The summed E-state index contributed by atoms with van der Waals surface area (Å²) >= 11 is 0. The van der Waals surface area contributed by atoms with E-state index in [2.05, 4.69) is 12.1 Å². The average Bonchev–Trinajstić information content (AvgIpc) is 2.52. The van der Waals surface area contributed by atoms with Crippen LogP contribution in [0.5, 0.6) is 5.75 Å². The molecule has 1 amide bonds. The summed E-state index contributed by atoms with van der Waals surface area (Å²) in [6.45, 7) is 6.66. The molecule has 0 aromatic heterocycles. The minimum absolute atomic E-state index is 0.0244. The Morgan fingerprint density at radius 3 is 2.57 bits per heavy atom. The first kappa shape index (κ1) is 15.6. The molecule has 0 spiro atoms. The van der Waals surface area contributed by atoms with Crippen molar-refractivity contribution in [2.45, 2.75) is 39.7 Å². The second kappa shape index (κ2) is 6.45. The SMILES string of the molecule is Cc1cc(C)cc(OC(C)C(=O)N2CCCc3ccccc32)c1. The molecule has 0 saturated carbocycles. The van der Waals surface area contributed by atoms with Crippen molar-refractivity contribution in [3.8, 4) is 5.75 Å². The Hall–Kier alpha value is -2.29. The molecule has 1 unspecified atom stereocenters. The molecular weight excluding hydrogens is 286 g/mol. The number of ether oxygens (including phenoxy) is 1. The summed E-state index contributed by atoms with van der Waals surface area (Å²) in [4.78, 5) is 14.7. The Labute approximate surface area is 137 Å². The van der Waals surface area contributed by atoms with E-state index in [-0.39, 0.29) is 5.91 Å². The predicted molar refractivity (Wildman–Crippen MR) is 93.1 cm³/mol. The second-order valence-electron chi connectivity index (χ2n) is 6.31. The van der Waals surface area contributed by atoms with Gasteiger partial charge in [0.15, 0.2) is 6.10 Å². The smallest absolute Gasteiger partial charge is 0.267 e. The highest BCUT2D eigenvalue weighted by Crippen LogP contribution is 2.28. The van der Waals surface area contributed by atoms with E-state index in [1.165, 1.54) is 5.56 Å². The number of anilines is 1. The first-order chi connectivity index (χ1) is 11.0. The number of carbonyl (C=O) groups is 1. The zero-order chi connectivity index (χ0) is 16.4. The minimum atomic E-state index is -0.498. The number of para-hydroxylation sites is 1. The lowest BCUT2D eigenvalue weighted by atomic mass is 10.0. The molecular formula is C20H23NO2. The van der Waals surface area contributed by atoms with Gasteiger partial charge in [0.2, 0.25) is 0 Å². The largest absolute Gasteiger partial charge is 0.481 e. The normalized spacial score (nSPS) is 15.0. The highest BCUT2D eigenvalue weighted by atomic mass is 16.5. The maximum absolute atomic E-state index is 12.8. The number of hydrogen-bond acceptors (Lipinski definition) is 2. The standard InChI is InChI=1S/C20H23NO2/c1-14-11-15(2)13-18(12-14)23-16(3)20(22)21-10-6-8-17-7-4-5-9-19(17)21/h4-5,7,9,11-13,16H,6,8,10H2,1-3H3. The molecule has 120 valence electrons. The van der Waals surface area contributed by atoms with E-state index >= 15 is 0 Å². The maximum atomic E-state index is 12.8. The molecule has 0 N–H and O–H groups in total. The number of benzene rings is 2. The van der Waals surface area contributed by atoms with E-state index in [0.29, 0.717) is 0 Å². The molecule has 2 aromatic carbocycles. The van der Waals surface area contributed by atoms with Gasteiger partial charge >= 0.3 is 0 Å². The summed E-state index contributed by atoms with van der Waals surface area (Å²) in [6, 6.07) is 14.2. The molecule has 3 rings (SSSR count). The number of nitrogens with zero attached hydrogens (tertiary/aromatic N) is 1. The Morgan fingerprint density at radius 2 is 1.83 bits per heavy atom. The quantitative estimate of drug-likeness (QED) is 0.856. The summed E-state index contributed by atoms with van der Waals surface area (Å²) in [7, 11) is 0. The molecule has 1 aliphatic heterocycles. The van der Waals surface area contributed by atoms with Crippen molar-refractivity contribution < 1.29 is 9.53 Å². The van der Waals surface area contributed by atoms with Crippen LogP contribution in [0.1, 0.15) is 30.0 Å². The third-order valence-corrected chi connectivity index (χ3v) is 4.23.